The second-order valence-electron chi connectivity index (χ2n) is 5.63. The summed E-state index contributed by atoms with van der Waals surface area (Å²) in [6.07, 6.45) is 0.976. The number of carbonyl (C=O) groups excluding carboxylic acids is 1. The van der Waals surface area contributed by atoms with E-state index in [1.165, 1.54) is 0 Å². The Hall–Kier alpha value is -0.860. The van der Waals surface area contributed by atoms with Gasteiger partial charge in [-0.1, -0.05) is 0 Å². The molecule has 19 heavy (non-hydrogen) atoms. The van der Waals surface area contributed by atoms with E-state index in [-0.39, 0.29) is 13.0 Å². The van der Waals surface area contributed by atoms with E-state index in [2.05, 4.69) is 0 Å². The second-order valence-corrected chi connectivity index (χ2v) is 7.20. The van der Waals surface area contributed by atoms with Crippen molar-refractivity contribution in [2.45, 2.75) is 44.9 Å². The van der Waals surface area contributed by atoms with Crippen LogP contribution < -0.4 is 0 Å². The number of aliphatic hydroxyl groups is 1. The minimum Gasteiger partial charge on any atom is -0.444 e. The van der Waals surface area contributed by atoms with Gasteiger partial charge >= 0.3 is 6.09 Å². The zero-order valence-electron chi connectivity index (χ0n) is 11.7. The normalized spacial score (nSPS) is 24.6. The first-order valence-electron chi connectivity index (χ1n) is 6.01. The first-order chi connectivity index (χ1) is 8.49. The average Bonchev–Trinajstić information content (AvgIpc) is 2.56. The molecule has 0 aromatic heterocycles. The maximum Gasteiger partial charge on any atom is 0.412 e. The first kappa shape index (κ1) is 16.2. The SMILES string of the molecule is CC(C)(C)OC(=O)N1CCCC1(CO)OS(C)(=O)=O. The fourth-order valence-corrected chi connectivity index (χ4v) is 2.78. The van der Waals surface area contributed by atoms with E-state index in [0.29, 0.717) is 6.42 Å². The van der Waals surface area contributed by atoms with Gasteiger partial charge in [0.1, 0.15) is 5.60 Å². The number of likely N-dealkylation sites (tertiary alicyclic amines) is 1. The molecule has 112 valence electrons. The van der Waals surface area contributed by atoms with Gasteiger partial charge in [-0.25, -0.2) is 8.98 Å². The number of hydrogen-bond donors (Lipinski definition) is 1. The molecule has 0 spiro atoms. The van der Waals surface area contributed by atoms with Gasteiger partial charge in [0.2, 0.25) is 0 Å². The largest absolute Gasteiger partial charge is 0.444 e. The molecule has 0 radical (unpaired) electrons. The van der Waals surface area contributed by atoms with E-state index in [1.807, 2.05) is 0 Å². The van der Waals surface area contributed by atoms with E-state index >= 15 is 0 Å². The van der Waals surface area contributed by atoms with Gasteiger partial charge in [0, 0.05) is 13.0 Å². The lowest BCUT2D eigenvalue weighted by Crippen LogP contribution is -2.54. The summed E-state index contributed by atoms with van der Waals surface area (Å²) < 4.78 is 32.7. The Labute approximate surface area is 113 Å². The van der Waals surface area contributed by atoms with Gasteiger partial charge in [-0.2, -0.15) is 8.42 Å². The molecule has 1 heterocycles. The molecule has 1 aliphatic rings. The second kappa shape index (κ2) is 5.26. The smallest absolute Gasteiger partial charge is 0.412 e. The summed E-state index contributed by atoms with van der Waals surface area (Å²) in [5.74, 6) is 0. The minimum absolute atomic E-state index is 0.246. The van der Waals surface area contributed by atoms with Crippen LogP contribution >= 0.6 is 0 Å². The molecule has 0 aromatic carbocycles. The van der Waals surface area contributed by atoms with E-state index in [9.17, 15) is 18.3 Å². The monoisotopic (exact) mass is 295 g/mol. The highest BCUT2D eigenvalue weighted by Gasteiger charge is 2.48. The summed E-state index contributed by atoms with van der Waals surface area (Å²) in [7, 11) is -3.80. The zero-order chi connectivity index (χ0) is 14.9. The molecule has 1 aliphatic heterocycles. The van der Waals surface area contributed by atoms with Gasteiger partial charge in [0.05, 0.1) is 12.9 Å². The minimum atomic E-state index is -3.80. The summed E-state index contributed by atoms with van der Waals surface area (Å²) in [6, 6.07) is 0. The van der Waals surface area contributed by atoms with Crippen molar-refractivity contribution >= 4 is 16.2 Å². The van der Waals surface area contributed by atoms with Gasteiger partial charge in [-0.05, 0) is 27.2 Å². The topological polar surface area (TPSA) is 93.1 Å². The molecule has 7 nitrogen and oxygen atoms in total. The molecule has 1 N–H and O–H groups in total. The van der Waals surface area contributed by atoms with Crippen LogP contribution in [0.4, 0.5) is 4.79 Å². The number of hydrogen-bond acceptors (Lipinski definition) is 6. The van der Waals surface area contributed by atoms with Gasteiger partial charge < -0.3 is 9.84 Å². The van der Waals surface area contributed by atoms with E-state index in [0.717, 1.165) is 11.2 Å². The lowest BCUT2D eigenvalue weighted by atomic mass is 10.2. The molecule has 0 aliphatic carbocycles. The molecule has 1 rings (SSSR count). The lowest BCUT2D eigenvalue weighted by Gasteiger charge is -2.36. The number of aliphatic hydroxyl groups excluding tert-OH is 1. The van der Waals surface area contributed by atoms with Crippen LogP contribution in [0.1, 0.15) is 33.6 Å². The fourth-order valence-electron chi connectivity index (χ4n) is 1.99. The van der Waals surface area contributed by atoms with Crippen molar-refractivity contribution in [2.75, 3.05) is 19.4 Å². The summed E-state index contributed by atoms with van der Waals surface area (Å²) in [4.78, 5) is 13.2. The predicted octanol–water partition coefficient (Wildman–Crippen LogP) is 0.682. The molecule has 0 saturated carbocycles. The van der Waals surface area contributed by atoms with Crippen molar-refractivity contribution < 1.29 is 27.2 Å². The van der Waals surface area contributed by atoms with Crippen LogP contribution in [0.25, 0.3) is 0 Å². The van der Waals surface area contributed by atoms with Crippen molar-refractivity contribution in [3.05, 3.63) is 0 Å². The highest BCUT2D eigenvalue weighted by atomic mass is 32.2. The first-order valence-corrected chi connectivity index (χ1v) is 7.83. The molecular weight excluding hydrogens is 274 g/mol. The number of nitrogens with zero attached hydrogens (tertiary/aromatic N) is 1. The summed E-state index contributed by atoms with van der Waals surface area (Å²) >= 11 is 0. The van der Waals surface area contributed by atoms with E-state index < -0.39 is 34.1 Å². The number of carbonyl (C=O) groups is 1. The Morgan fingerprint density at radius 1 is 1.42 bits per heavy atom. The number of ether oxygens (including phenoxy) is 1. The maximum absolute atomic E-state index is 12.0. The number of amides is 1. The van der Waals surface area contributed by atoms with Crippen molar-refractivity contribution in [3.63, 3.8) is 0 Å². The van der Waals surface area contributed by atoms with E-state index in [1.54, 1.807) is 20.8 Å². The van der Waals surface area contributed by atoms with Gasteiger partial charge in [-0.3, -0.25) is 4.90 Å². The van der Waals surface area contributed by atoms with Gasteiger partial charge in [0.25, 0.3) is 10.1 Å². The Morgan fingerprint density at radius 2 is 2.00 bits per heavy atom. The van der Waals surface area contributed by atoms with E-state index in [4.69, 9.17) is 8.92 Å². The highest BCUT2D eigenvalue weighted by molar-refractivity contribution is 7.86. The van der Waals surface area contributed by atoms with Crippen LogP contribution in [0.15, 0.2) is 0 Å². The van der Waals surface area contributed by atoms with Crippen LogP contribution in [0.3, 0.4) is 0 Å². The van der Waals surface area contributed by atoms with Crippen molar-refractivity contribution in [3.8, 4) is 0 Å². The Morgan fingerprint density at radius 3 is 2.42 bits per heavy atom. The fraction of sp³-hybridized carbons (Fsp3) is 0.909. The van der Waals surface area contributed by atoms with Crippen LogP contribution in [0.2, 0.25) is 0 Å². The summed E-state index contributed by atoms with van der Waals surface area (Å²) in [6.45, 7) is 4.81. The summed E-state index contributed by atoms with van der Waals surface area (Å²) in [5, 5.41) is 9.46. The lowest BCUT2D eigenvalue weighted by molar-refractivity contribution is -0.0897. The Kier molecular flexibility index (Phi) is 4.48. The Balaban J connectivity index is 2.95. The zero-order valence-corrected chi connectivity index (χ0v) is 12.5. The molecular formula is C11H21NO6S. The average molecular weight is 295 g/mol. The quantitative estimate of drug-likeness (QED) is 0.770. The highest BCUT2D eigenvalue weighted by Crippen LogP contribution is 2.33. The number of rotatable bonds is 3. The van der Waals surface area contributed by atoms with Crippen LogP contribution in [0.5, 0.6) is 0 Å². The van der Waals surface area contributed by atoms with Crippen LogP contribution in [-0.4, -0.2) is 55.3 Å². The van der Waals surface area contributed by atoms with Crippen molar-refractivity contribution in [1.29, 1.82) is 0 Å². The third-order valence-corrected chi connectivity index (χ3v) is 3.22. The molecule has 0 aromatic rings. The van der Waals surface area contributed by atoms with Crippen LogP contribution in [0, 0.1) is 0 Å². The molecule has 1 atom stereocenters. The third kappa shape index (κ3) is 4.32. The molecule has 1 saturated heterocycles. The van der Waals surface area contributed by atoms with Gasteiger partial charge in [-0.15, -0.1) is 0 Å². The maximum atomic E-state index is 12.0. The van der Waals surface area contributed by atoms with Crippen molar-refractivity contribution in [2.24, 2.45) is 0 Å². The van der Waals surface area contributed by atoms with Crippen molar-refractivity contribution in [1.82, 2.24) is 4.90 Å². The standard InChI is InChI=1S/C11H21NO6S/c1-10(2,3)17-9(14)12-7-5-6-11(12,8-13)18-19(4,15)16/h13H,5-8H2,1-4H3. The van der Waals surface area contributed by atoms with Gasteiger partial charge in [0.15, 0.2) is 5.72 Å². The molecule has 8 heteroatoms. The summed E-state index contributed by atoms with van der Waals surface area (Å²) in [5.41, 5.74) is -2.25. The predicted molar refractivity (Wildman–Crippen MR) is 67.9 cm³/mol. The Bertz CT molecular complexity index is 441. The van der Waals surface area contributed by atoms with Crippen LogP contribution in [-0.2, 0) is 19.0 Å². The third-order valence-electron chi connectivity index (χ3n) is 2.61. The molecule has 1 amide bonds. The molecule has 1 unspecified atom stereocenters. The molecule has 1 fully saturated rings. The molecule has 0 bridgehead atoms.